The number of hydrogen-bond acceptors (Lipinski definition) is 4. The minimum Gasteiger partial charge on any atom is -0.438 e. The van der Waals surface area contributed by atoms with Crippen molar-refractivity contribution in [3.8, 4) is 17.7 Å². The quantitative estimate of drug-likeness (QED) is 0.511. The second kappa shape index (κ2) is 7.98. The fraction of sp³-hybridized carbons (Fsp3) is 0.154. The van der Waals surface area contributed by atoms with Gasteiger partial charge < -0.3 is 10.1 Å². The van der Waals surface area contributed by atoms with Gasteiger partial charge in [-0.3, -0.25) is 0 Å². The summed E-state index contributed by atoms with van der Waals surface area (Å²) in [4.78, 5) is 4.23. The number of nitrogens with one attached hydrogen (secondary N) is 1. The Labute approximate surface area is 175 Å². The molecule has 1 aliphatic carbocycles. The Bertz CT molecular complexity index is 1220. The summed E-state index contributed by atoms with van der Waals surface area (Å²) in [6.45, 7) is 0.814. The standard InChI is InChI=1S/C26H21N3O/c27-15-18-11-12-26(29-16-18)30-25-10-4-8-23-21(7-3-9-24(23)25)17-28-22-13-19-5-1-2-6-20(19)14-22/h1-12,16,22,28H,13-14,17H2. The second-order valence-electron chi connectivity index (χ2n) is 7.62. The van der Waals surface area contributed by atoms with Crippen LogP contribution in [0.15, 0.2) is 79.0 Å². The van der Waals surface area contributed by atoms with E-state index < -0.39 is 0 Å². The van der Waals surface area contributed by atoms with E-state index in [0.717, 1.165) is 30.5 Å². The Morgan fingerprint density at radius 2 is 1.67 bits per heavy atom. The first-order valence-corrected chi connectivity index (χ1v) is 10.1. The molecule has 5 rings (SSSR count). The maximum absolute atomic E-state index is 8.93. The van der Waals surface area contributed by atoms with Gasteiger partial charge in [-0.05, 0) is 47.1 Å². The van der Waals surface area contributed by atoms with Crippen molar-refractivity contribution in [1.82, 2.24) is 10.3 Å². The molecule has 0 saturated heterocycles. The third kappa shape index (κ3) is 3.63. The third-order valence-corrected chi connectivity index (χ3v) is 5.68. The van der Waals surface area contributed by atoms with Crippen molar-refractivity contribution in [2.45, 2.75) is 25.4 Å². The molecule has 0 aliphatic heterocycles. The monoisotopic (exact) mass is 391 g/mol. The lowest BCUT2D eigenvalue weighted by Crippen LogP contribution is -2.29. The Morgan fingerprint density at radius 1 is 0.900 bits per heavy atom. The SMILES string of the molecule is N#Cc1ccc(Oc2cccc3c(CNC4Cc5ccccc5C4)cccc23)nc1. The van der Waals surface area contributed by atoms with Crippen molar-refractivity contribution in [3.05, 3.63) is 101 Å². The lowest BCUT2D eigenvalue weighted by atomic mass is 10.0. The summed E-state index contributed by atoms with van der Waals surface area (Å²) in [7, 11) is 0. The van der Waals surface area contributed by atoms with Gasteiger partial charge in [-0.15, -0.1) is 0 Å². The normalized spacial score (nSPS) is 13.2. The van der Waals surface area contributed by atoms with E-state index in [1.807, 2.05) is 12.1 Å². The lowest BCUT2D eigenvalue weighted by molar-refractivity contribution is 0.468. The first kappa shape index (κ1) is 18.4. The number of benzene rings is 3. The van der Waals surface area contributed by atoms with Crippen LogP contribution in [0.5, 0.6) is 11.6 Å². The van der Waals surface area contributed by atoms with Crippen LogP contribution in [-0.2, 0) is 19.4 Å². The zero-order chi connectivity index (χ0) is 20.3. The molecule has 4 aromatic rings. The Kier molecular flexibility index (Phi) is 4.88. The number of ether oxygens (including phenoxy) is 1. The summed E-state index contributed by atoms with van der Waals surface area (Å²) in [6, 6.07) is 27.1. The summed E-state index contributed by atoms with van der Waals surface area (Å²) in [5, 5.41) is 14.9. The molecule has 3 aromatic carbocycles. The zero-order valence-corrected chi connectivity index (χ0v) is 16.5. The molecule has 0 saturated carbocycles. The fourth-order valence-electron chi connectivity index (χ4n) is 4.17. The lowest BCUT2D eigenvalue weighted by Gasteiger charge is -2.15. The smallest absolute Gasteiger partial charge is 0.219 e. The molecule has 0 atom stereocenters. The first-order valence-electron chi connectivity index (χ1n) is 10.1. The van der Waals surface area contributed by atoms with Crippen LogP contribution in [0, 0.1) is 11.3 Å². The van der Waals surface area contributed by atoms with Crippen LogP contribution < -0.4 is 10.1 Å². The molecule has 0 fully saturated rings. The van der Waals surface area contributed by atoms with E-state index in [-0.39, 0.29) is 0 Å². The van der Waals surface area contributed by atoms with E-state index in [9.17, 15) is 0 Å². The van der Waals surface area contributed by atoms with Gasteiger partial charge in [0.25, 0.3) is 0 Å². The first-order chi connectivity index (χ1) is 14.8. The summed E-state index contributed by atoms with van der Waals surface area (Å²) >= 11 is 0. The van der Waals surface area contributed by atoms with E-state index in [1.165, 1.54) is 28.3 Å². The van der Waals surface area contributed by atoms with Gasteiger partial charge in [0.2, 0.25) is 5.88 Å². The molecule has 0 spiro atoms. The van der Waals surface area contributed by atoms with Gasteiger partial charge >= 0.3 is 0 Å². The fourth-order valence-corrected chi connectivity index (χ4v) is 4.17. The van der Waals surface area contributed by atoms with Crippen molar-refractivity contribution in [3.63, 3.8) is 0 Å². The van der Waals surface area contributed by atoms with E-state index in [4.69, 9.17) is 10.00 Å². The molecular weight excluding hydrogens is 370 g/mol. The van der Waals surface area contributed by atoms with Crippen LogP contribution in [0.2, 0.25) is 0 Å². The minimum atomic E-state index is 0.472. The second-order valence-corrected chi connectivity index (χ2v) is 7.62. The number of hydrogen-bond donors (Lipinski definition) is 1. The van der Waals surface area contributed by atoms with Gasteiger partial charge in [0.1, 0.15) is 11.8 Å². The largest absolute Gasteiger partial charge is 0.438 e. The molecule has 146 valence electrons. The summed E-state index contributed by atoms with van der Waals surface area (Å²) in [5.41, 5.74) is 4.68. The van der Waals surface area contributed by atoms with Crippen molar-refractivity contribution in [2.24, 2.45) is 0 Å². The number of nitrogens with zero attached hydrogens (tertiary/aromatic N) is 2. The predicted molar refractivity (Wildman–Crippen MR) is 117 cm³/mol. The van der Waals surface area contributed by atoms with E-state index >= 15 is 0 Å². The Balaban J connectivity index is 1.35. The average molecular weight is 391 g/mol. The number of pyridine rings is 1. The zero-order valence-electron chi connectivity index (χ0n) is 16.5. The van der Waals surface area contributed by atoms with Gasteiger partial charge in [-0.2, -0.15) is 5.26 Å². The highest BCUT2D eigenvalue weighted by Gasteiger charge is 2.20. The van der Waals surface area contributed by atoms with Gasteiger partial charge in [0, 0.05) is 30.2 Å². The topological polar surface area (TPSA) is 57.9 Å². The van der Waals surface area contributed by atoms with Gasteiger partial charge in [-0.1, -0.05) is 54.6 Å². The number of rotatable bonds is 5. The van der Waals surface area contributed by atoms with Crippen LogP contribution in [0.25, 0.3) is 10.8 Å². The number of fused-ring (bicyclic) bond motifs is 2. The van der Waals surface area contributed by atoms with Crippen molar-refractivity contribution >= 4 is 10.8 Å². The maximum Gasteiger partial charge on any atom is 0.219 e. The van der Waals surface area contributed by atoms with Gasteiger partial charge in [-0.25, -0.2) is 4.98 Å². The maximum atomic E-state index is 8.93. The number of nitriles is 1. The highest BCUT2D eigenvalue weighted by molar-refractivity contribution is 5.91. The minimum absolute atomic E-state index is 0.472. The average Bonchev–Trinajstić information content (AvgIpc) is 3.21. The Hall–Kier alpha value is -3.68. The van der Waals surface area contributed by atoms with Crippen LogP contribution in [0.3, 0.4) is 0 Å². The molecule has 4 nitrogen and oxygen atoms in total. The molecule has 30 heavy (non-hydrogen) atoms. The Morgan fingerprint density at radius 3 is 2.40 bits per heavy atom. The molecule has 0 radical (unpaired) electrons. The summed E-state index contributed by atoms with van der Waals surface area (Å²) < 4.78 is 6.03. The molecule has 1 N–H and O–H groups in total. The summed E-state index contributed by atoms with van der Waals surface area (Å²) in [5.74, 6) is 1.24. The van der Waals surface area contributed by atoms with Crippen LogP contribution in [-0.4, -0.2) is 11.0 Å². The van der Waals surface area contributed by atoms with Gasteiger partial charge in [0.15, 0.2) is 0 Å². The molecule has 4 heteroatoms. The van der Waals surface area contributed by atoms with Crippen molar-refractivity contribution < 1.29 is 4.74 Å². The van der Waals surface area contributed by atoms with E-state index in [0.29, 0.717) is 17.5 Å². The van der Waals surface area contributed by atoms with Crippen LogP contribution in [0.4, 0.5) is 0 Å². The van der Waals surface area contributed by atoms with E-state index in [1.54, 1.807) is 12.1 Å². The molecule has 1 heterocycles. The molecular formula is C26H21N3O. The number of aromatic nitrogens is 1. The molecule has 0 amide bonds. The summed E-state index contributed by atoms with van der Waals surface area (Å²) in [6.07, 6.45) is 3.69. The molecule has 1 aromatic heterocycles. The van der Waals surface area contributed by atoms with Crippen LogP contribution in [0.1, 0.15) is 22.3 Å². The van der Waals surface area contributed by atoms with Crippen LogP contribution >= 0.6 is 0 Å². The highest BCUT2D eigenvalue weighted by Crippen LogP contribution is 2.31. The predicted octanol–water partition coefficient (Wildman–Crippen LogP) is 5.16. The highest BCUT2D eigenvalue weighted by atomic mass is 16.5. The van der Waals surface area contributed by atoms with E-state index in [2.05, 4.69) is 64.9 Å². The molecule has 0 unspecified atom stereocenters. The molecule has 0 bridgehead atoms. The molecule has 1 aliphatic rings. The third-order valence-electron chi connectivity index (χ3n) is 5.68. The van der Waals surface area contributed by atoms with Crippen molar-refractivity contribution in [1.29, 1.82) is 5.26 Å². The van der Waals surface area contributed by atoms with Gasteiger partial charge in [0.05, 0.1) is 5.56 Å². The van der Waals surface area contributed by atoms with Crippen molar-refractivity contribution in [2.75, 3.05) is 0 Å².